The number of nitro benzene ring substituents is 2. The van der Waals surface area contributed by atoms with Gasteiger partial charge in [0.25, 0.3) is 11.4 Å². The second-order valence-corrected chi connectivity index (χ2v) is 15.2. The Morgan fingerprint density at radius 3 is 2.19 bits per heavy atom. The van der Waals surface area contributed by atoms with Crippen molar-refractivity contribution < 1.29 is 48.7 Å². The van der Waals surface area contributed by atoms with Gasteiger partial charge in [0.1, 0.15) is 23.9 Å². The Hall–Kier alpha value is -5.60. The second kappa shape index (κ2) is 15.8. The van der Waals surface area contributed by atoms with E-state index in [9.17, 15) is 49.6 Å². The second-order valence-electron chi connectivity index (χ2n) is 12.9. The molecule has 54 heavy (non-hydrogen) atoms. The van der Waals surface area contributed by atoms with Gasteiger partial charge in [0.2, 0.25) is 5.91 Å². The number of alkyl carbamates (subject to hydrolysis) is 1. The van der Waals surface area contributed by atoms with Gasteiger partial charge in [0.15, 0.2) is 0 Å². The number of likely N-dealkylation sites (tertiary alicyclic amines) is 1. The van der Waals surface area contributed by atoms with E-state index in [1.54, 1.807) is 5.38 Å². The van der Waals surface area contributed by atoms with Crippen molar-refractivity contribution in [2.45, 2.75) is 63.5 Å². The minimum atomic E-state index is -1.26. The predicted octanol–water partition coefficient (Wildman–Crippen LogP) is 4.73. The van der Waals surface area contributed by atoms with Crippen molar-refractivity contribution in [3.63, 3.8) is 0 Å². The molecular weight excluding hydrogens is 749 g/mol. The molecule has 3 N–H and O–H groups in total. The third kappa shape index (κ3) is 7.85. The lowest BCUT2D eigenvalue weighted by atomic mass is 9.79. The smallest absolute Gasteiger partial charge is 0.410 e. The number of fused-ring (bicyclic) bond motifs is 1. The van der Waals surface area contributed by atoms with E-state index in [1.807, 2.05) is 6.92 Å². The third-order valence-corrected chi connectivity index (χ3v) is 11.8. The minimum Gasteiger partial charge on any atom is -0.477 e. The summed E-state index contributed by atoms with van der Waals surface area (Å²) in [6.45, 7) is 3.17. The lowest BCUT2D eigenvalue weighted by molar-refractivity contribution is -0.385. The average molecular weight is 783 g/mol. The third-order valence-electron chi connectivity index (χ3n) is 9.42. The number of non-ortho nitro benzene ring substituents is 2. The van der Waals surface area contributed by atoms with Crippen LogP contribution in [-0.4, -0.2) is 82.8 Å². The van der Waals surface area contributed by atoms with Gasteiger partial charge in [-0.15, -0.1) is 23.1 Å². The number of aromatic nitrogens is 1. The zero-order chi connectivity index (χ0) is 38.8. The molecule has 3 aromatic rings. The van der Waals surface area contributed by atoms with Crippen molar-refractivity contribution in [1.82, 2.24) is 20.1 Å². The summed E-state index contributed by atoms with van der Waals surface area (Å²) in [4.78, 5) is 80.0. The highest BCUT2D eigenvalue weighted by Gasteiger charge is 2.60. The topological polar surface area (TPSA) is 245 Å². The molecular formula is C34H34N6O12S2. The molecule has 2 aromatic carbocycles. The molecule has 20 heteroatoms. The summed E-state index contributed by atoms with van der Waals surface area (Å²) in [5, 5.41) is 46.8. The number of thiazole rings is 1. The van der Waals surface area contributed by atoms with Crippen molar-refractivity contribution in [3.8, 4) is 0 Å². The molecule has 6 atom stereocenters. The van der Waals surface area contributed by atoms with Crippen LogP contribution in [0.15, 0.2) is 64.5 Å². The molecule has 18 nitrogen and oxygen atoms in total. The number of aliphatic carboxylic acids is 1. The number of nitro groups is 2. The number of carbonyl (C=O) groups is 4. The number of ether oxygens (including phenoxy) is 2. The van der Waals surface area contributed by atoms with E-state index in [-0.39, 0.29) is 54.5 Å². The van der Waals surface area contributed by atoms with E-state index in [1.165, 1.54) is 88.4 Å². The average Bonchev–Trinajstić information content (AvgIpc) is 3.84. The zero-order valence-electron chi connectivity index (χ0n) is 28.7. The first-order chi connectivity index (χ1) is 25.7. The Kier molecular flexibility index (Phi) is 11.1. The Bertz CT molecular complexity index is 2000. The Morgan fingerprint density at radius 1 is 1.04 bits per heavy atom. The first-order valence-corrected chi connectivity index (χ1v) is 18.4. The highest BCUT2D eigenvalue weighted by Crippen LogP contribution is 2.53. The van der Waals surface area contributed by atoms with Gasteiger partial charge in [-0.25, -0.2) is 19.4 Å². The summed E-state index contributed by atoms with van der Waals surface area (Å²) in [5.41, 5.74) is 1.26. The van der Waals surface area contributed by atoms with Crippen LogP contribution in [0, 0.1) is 32.1 Å². The maximum atomic E-state index is 13.6. The van der Waals surface area contributed by atoms with E-state index in [0.29, 0.717) is 33.2 Å². The summed E-state index contributed by atoms with van der Waals surface area (Å²) in [7, 11) is 0. The lowest BCUT2D eigenvalue weighted by Crippen LogP contribution is -2.63. The molecule has 6 rings (SSSR count). The molecule has 0 saturated carbocycles. The standard InChI is InChI=1S/C34H34N6O12S2/c1-17-28-27(18(2)41)31(42)38(28)29(32(43)44)30(17)54-23-11-25(37(13-23)34(46)52-15-20-5-9-22(10-6-20)40(49)50)24-16-53-26(36-24)12-35-33(45)51-14-19-3-7-21(8-4-19)39(47)48/h3-10,16-18,23,25,27-28,41H,11-15H2,1-2H3,(H,35,45)(H,43,44)/t17-,18-,23+,25+,27-,28-/m1/s1. The van der Waals surface area contributed by atoms with E-state index in [2.05, 4.69) is 10.3 Å². The molecule has 2 saturated heterocycles. The van der Waals surface area contributed by atoms with Crippen molar-refractivity contribution in [2.75, 3.05) is 6.54 Å². The molecule has 0 aliphatic carbocycles. The van der Waals surface area contributed by atoms with Crippen LogP contribution in [0.2, 0.25) is 0 Å². The van der Waals surface area contributed by atoms with E-state index in [4.69, 9.17) is 9.47 Å². The fourth-order valence-corrected chi connectivity index (χ4v) is 9.09. The van der Waals surface area contributed by atoms with Crippen molar-refractivity contribution in [1.29, 1.82) is 0 Å². The SMILES string of the molecule is C[C@@H](O)[C@H]1C(=O)N2C(C(=O)O)=C(S[C@H]3C[C@@H](c4csc(CNC(=O)OCc5ccc([N+](=O)[O-])cc5)n4)N(C(=O)OCc4ccc([N+](=O)[O-])cc4)C3)[C@H](C)[C@H]12. The maximum absolute atomic E-state index is 13.6. The van der Waals surface area contributed by atoms with Gasteiger partial charge in [-0.05, 0) is 48.7 Å². The Balaban J connectivity index is 1.15. The number of thioether (sulfide) groups is 1. The molecule has 0 bridgehead atoms. The molecule has 3 amide bonds. The van der Waals surface area contributed by atoms with Crippen LogP contribution >= 0.6 is 23.1 Å². The number of hydrogen-bond acceptors (Lipinski definition) is 14. The summed E-state index contributed by atoms with van der Waals surface area (Å²) in [6, 6.07) is 10.0. The van der Waals surface area contributed by atoms with E-state index in [0.717, 1.165) is 0 Å². The Morgan fingerprint density at radius 2 is 1.63 bits per heavy atom. The van der Waals surface area contributed by atoms with Crippen LogP contribution < -0.4 is 5.32 Å². The zero-order valence-corrected chi connectivity index (χ0v) is 30.4. The van der Waals surface area contributed by atoms with Crippen LogP contribution in [0.5, 0.6) is 0 Å². The molecule has 0 spiro atoms. The monoisotopic (exact) mass is 782 g/mol. The number of β-lactam (4-membered cyclic amide) rings is 1. The van der Waals surface area contributed by atoms with Crippen LogP contribution in [0.4, 0.5) is 21.0 Å². The van der Waals surface area contributed by atoms with Crippen LogP contribution in [-0.2, 0) is 38.8 Å². The molecule has 0 radical (unpaired) electrons. The fraction of sp³-hybridized carbons (Fsp3) is 0.382. The molecule has 284 valence electrons. The number of carbonyl (C=O) groups excluding carboxylic acids is 3. The number of nitrogens with zero attached hydrogens (tertiary/aromatic N) is 5. The number of amides is 3. The Labute approximate surface area is 315 Å². The number of benzene rings is 2. The molecule has 3 aliphatic heterocycles. The number of carboxylic acids is 1. The van der Waals surface area contributed by atoms with Crippen molar-refractivity contribution >= 4 is 58.5 Å². The number of rotatable bonds is 13. The molecule has 2 fully saturated rings. The minimum absolute atomic E-state index is 0.00131. The van der Waals surface area contributed by atoms with Crippen LogP contribution in [0.25, 0.3) is 0 Å². The molecule has 4 heterocycles. The summed E-state index contributed by atoms with van der Waals surface area (Å²) >= 11 is 2.50. The first kappa shape index (κ1) is 38.1. The highest BCUT2D eigenvalue weighted by molar-refractivity contribution is 8.03. The fourth-order valence-electron chi connectivity index (χ4n) is 6.79. The van der Waals surface area contributed by atoms with E-state index < -0.39 is 58.0 Å². The number of aliphatic hydroxyl groups excluding tert-OH is 1. The van der Waals surface area contributed by atoms with Gasteiger partial charge in [0.05, 0.1) is 46.2 Å². The summed E-state index contributed by atoms with van der Waals surface area (Å²) in [6.07, 6.45) is -2.05. The quantitative estimate of drug-likeness (QED) is 0.121. The normalized spacial score (nSPS) is 22.4. The number of nitrogens with one attached hydrogen (secondary N) is 1. The van der Waals surface area contributed by atoms with Gasteiger partial charge in [-0.1, -0.05) is 6.92 Å². The summed E-state index contributed by atoms with van der Waals surface area (Å²) < 4.78 is 10.8. The molecule has 3 aliphatic rings. The van der Waals surface area contributed by atoms with Crippen LogP contribution in [0.3, 0.4) is 0 Å². The number of hydrogen-bond donors (Lipinski definition) is 3. The van der Waals surface area contributed by atoms with Gasteiger partial charge in [0, 0.05) is 52.3 Å². The van der Waals surface area contributed by atoms with Crippen LogP contribution in [0.1, 0.15) is 48.1 Å². The first-order valence-electron chi connectivity index (χ1n) is 16.6. The van der Waals surface area contributed by atoms with Gasteiger partial charge in [-0.2, -0.15) is 0 Å². The molecule has 0 unspecified atom stereocenters. The van der Waals surface area contributed by atoms with Crippen molar-refractivity contribution in [3.05, 3.63) is 107 Å². The molecule has 1 aromatic heterocycles. The summed E-state index contributed by atoms with van der Waals surface area (Å²) in [5.74, 6) is -2.82. The largest absolute Gasteiger partial charge is 0.477 e. The number of carboxylic acid groups (broad SMARTS) is 1. The number of aliphatic hydroxyl groups is 1. The predicted molar refractivity (Wildman–Crippen MR) is 191 cm³/mol. The maximum Gasteiger partial charge on any atom is 0.410 e. The highest BCUT2D eigenvalue weighted by atomic mass is 32.2. The van der Waals surface area contributed by atoms with Gasteiger partial charge in [-0.3, -0.25) is 29.9 Å². The van der Waals surface area contributed by atoms with E-state index >= 15 is 0 Å². The van der Waals surface area contributed by atoms with Gasteiger partial charge >= 0.3 is 18.2 Å². The lowest BCUT2D eigenvalue weighted by Gasteiger charge is -2.46. The van der Waals surface area contributed by atoms with Crippen molar-refractivity contribution in [2.24, 2.45) is 11.8 Å². The van der Waals surface area contributed by atoms with Gasteiger partial charge < -0.3 is 29.9 Å².